The largest absolute Gasteiger partial charge is 0.497 e. The van der Waals surface area contributed by atoms with Crippen LogP contribution in [0.25, 0.3) is 39.3 Å². The number of hydrogen-bond donors (Lipinski definition) is 0. The first-order valence-electron chi connectivity index (χ1n) is 10.1. The van der Waals surface area contributed by atoms with Crippen molar-refractivity contribution in [1.29, 1.82) is 0 Å². The van der Waals surface area contributed by atoms with E-state index < -0.39 is 0 Å². The minimum Gasteiger partial charge on any atom is -0.497 e. The van der Waals surface area contributed by atoms with E-state index in [1.54, 1.807) is 14.2 Å². The van der Waals surface area contributed by atoms with E-state index >= 15 is 0 Å². The first kappa shape index (κ1) is 18.9. The molecule has 0 amide bonds. The second-order valence-corrected chi connectivity index (χ2v) is 7.28. The van der Waals surface area contributed by atoms with E-state index in [1.165, 1.54) is 0 Å². The van der Waals surface area contributed by atoms with E-state index in [-0.39, 0.29) is 0 Å². The molecule has 0 N–H and O–H groups in total. The molecule has 31 heavy (non-hydrogen) atoms. The van der Waals surface area contributed by atoms with Crippen LogP contribution in [0.3, 0.4) is 0 Å². The molecule has 4 heteroatoms. The minimum atomic E-state index is 0.817. The molecule has 0 aliphatic heterocycles. The van der Waals surface area contributed by atoms with Crippen LogP contribution in [-0.2, 0) is 0 Å². The molecular weight excluding hydrogens is 384 g/mol. The van der Waals surface area contributed by atoms with Crippen molar-refractivity contribution in [2.45, 2.75) is 0 Å². The Hall–Kier alpha value is -4.05. The Morgan fingerprint density at radius 2 is 1.32 bits per heavy atom. The average molecular weight is 406 g/mol. The van der Waals surface area contributed by atoms with Crippen LogP contribution < -0.4 is 9.47 Å². The van der Waals surface area contributed by atoms with E-state index in [9.17, 15) is 0 Å². The van der Waals surface area contributed by atoms with Crippen molar-refractivity contribution in [2.75, 3.05) is 14.2 Å². The van der Waals surface area contributed by atoms with Crippen LogP contribution in [0, 0.1) is 0 Å². The van der Waals surface area contributed by atoms with E-state index in [2.05, 4.69) is 59.1 Å². The first-order chi connectivity index (χ1) is 15.3. The van der Waals surface area contributed by atoms with Gasteiger partial charge in [-0.05, 0) is 47.5 Å². The van der Waals surface area contributed by atoms with Gasteiger partial charge in [-0.2, -0.15) is 0 Å². The highest BCUT2D eigenvalue weighted by atomic mass is 16.5. The third-order valence-corrected chi connectivity index (χ3v) is 5.43. The molecule has 2 heterocycles. The molecule has 0 fully saturated rings. The van der Waals surface area contributed by atoms with Crippen LogP contribution in [0.1, 0.15) is 0 Å². The van der Waals surface area contributed by atoms with Gasteiger partial charge in [0.25, 0.3) is 0 Å². The maximum atomic E-state index is 5.48. The highest BCUT2D eigenvalue weighted by molar-refractivity contribution is 5.83. The van der Waals surface area contributed by atoms with Crippen molar-refractivity contribution >= 4 is 5.65 Å². The maximum absolute atomic E-state index is 5.48. The van der Waals surface area contributed by atoms with Gasteiger partial charge in [0.1, 0.15) is 17.1 Å². The molecule has 0 aliphatic carbocycles. The monoisotopic (exact) mass is 406 g/mol. The molecule has 0 spiro atoms. The van der Waals surface area contributed by atoms with E-state index in [4.69, 9.17) is 14.5 Å². The summed E-state index contributed by atoms with van der Waals surface area (Å²) in [5.74, 6) is 1.66. The third kappa shape index (κ3) is 3.53. The Balaban J connectivity index is 1.74. The summed E-state index contributed by atoms with van der Waals surface area (Å²) in [5.41, 5.74) is 7.24. The number of aromatic nitrogens is 2. The van der Waals surface area contributed by atoms with E-state index in [1.807, 2.05) is 42.5 Å². The lowest BCUT2D eigenvalue weighted by Gasteiger charge is -2.09. The molecule has 152 valence electrons. The van der Waals surface area contributed by atoms with Gasteiger partial charge in [0.2, 0.25) is 0 Å². The molecular formula is C27H22N2O2. The number of benzene rings is 3. The summed E-state index contributed by atoms with van der Waals surface area (Å²) in [6.45, 7) is 0. The zero-order chi connectivity index (χ0) is 21.2. The van der Waals surface area contributed by atoms with Gasteiger partial charge in [-0.25, -0.2) is 4.98 Å². The van der Waals surface area contributed by atoms with Crippen LogP contribution in [0.15, 0.2) is 97.2 Å². The lowest BCUT2D eigenvalue weighted by molar-refractivity contribution is 0.415. The summed E-state index contributed by atoms with van der Waals surface area (Å²) in [4.78, 5) is 4.98. The predicted octanol–water partition coefficient (Wildman–Crippen LogP) is 6.35. The molecule has 0 saturated heterocycles. The quantitative estimate of drug-likeness (QED) is 0.341. The Morgan fingerprint density at radius 3 is 2.06 bits per heavy atom. The maximum Gasteiger partial charge on any atom is 0.137 e. The number of methoxy groups -OCH3 is 2. The third-order valence-electron chi connectivity index (χ3n) is 5.43. The molecule has 4 nitrogen and oxygen atoms in total. The van der Waals surface area contributed by atoms with Gasteiger partial charge in [0.15, 0.2) is 0 Å². The number of nitrogens with zero attached hydrogens (tertiary/aromatic N) is 2. The zero-order valence-corrected chi connectivity index (χ0v) is 17.4. The molecule has 3 aromatic carbocycles. The number of pyridine rings is 1. The zero-order valence-electron chi connectivity index (χ0n) is 17.4. The summed E-state index contributed by atoms with van der Waals surface area (Å²) < 4.78 is 12.9. The molecule has 2 aromatic heterocycles. The first-order valence-corrected chi connectivity index (χ1v) is 10.1. The van der Waals surface area contributed by atoms with Gasteiger partial charge in [-0.1, -0.05) is 54.6 Å². The average Bonchev–Trinajstić information content (AvgIpc) is 3.23. The minimum absolute atomic E-state index is 0.817. The van der Waals surface area contributed by atoms with Crippen molar-refractivity contribution in [2.24, 2.45) is 0 Å². The van der Waals surface area contributed by atoms with Gasteiger partial charge in [0, 0.05) is 17.3 Å². The second kappa shape index (κ2) is 8.00. The van der Waals surface area contributed by atoms with Crippen molar-refractivity contribution in [1.82, 2.24) is 9.38 Å². The number of rotatable bonds is 5. The number of imidazole rings is 1. The highest BCUT2D eigenvalue weighted by Gasteiger charge is 2.17. The van der Waals surface area contributed by atoms with Gasteiger partial charge in [-0.15, -0.1) is 0 Å². The molecule has 5 rings (SSSR count). The SMILES string of the molecule is COc1ccc(-c2ccc3nc(-c4ccccc4)c(-c4cccc(OC)c4)n3c2)cc1. The fraction of sp³-hybridized carbons (Fsp3) is 0.0741. The summed E-state index contributed by atoms with van der Waals surface area (Å²) in [7, 11) is 3.37. The normalized spacial score (nSPS) is 10.9. The summed E-state index contributed by atoms with van der Waals surface area (Å²) in [6, 6.07) is 30.7. The number of ether oxygens (including phenoxy) is 2. The van der Waals surface area contributed by atoms with Crippen LogP contribution in [0.4, 0.5) is 0 Å². The fourth-order valence-corrected chi connectivity index (χ4v) is 3.84. The number of fused-ring (bicyclic) bond motifs is 1. The Bertz CT molecular complexity index is 1340. The van der Waals surface area contributed by atoms with Crippen molar-refractivity contribution in [3.63, 3.8) is 0 Å². The summed E-state index contributed by atoms with van der Waals surface area (Å²) in [6.07, 6.45) is 2.14. The van der Waals surface area contributed by atoms with Gasteiger partial charge in [-0.3, -0.25) is 4.40 Å². The standard InChI is InChI=1S/C27H22N2O2/c1-30-23-14-11-19(12-15-23)22-13-16-25-28-26(20-7-4-3-5-8-20)27(29(25)18-22)21-9-6-10-24(17-21)31-2/h3-18H,1-2H3. The second-order valence-electron chi connectivity index (χ2n) is 7.28. The molecule has 0 aliphatic rings. The van der Waals surface area contributed by atoms with Crippen LogP contribution in [0.5, 0.6) is 11.5 Å². The van der Waals surface area contributed by atoms with Gasteiger partial charge < -0.3 is 9.47 Å². The topological polar surface area (TPSA) is 35.8 Å². The van der Waals surface area contributed by atoms with Crippen LogP contribution in [0.2, 0.25) is 0 Å². The molecule has 0 unspecified atom stereocenters. The van der Waals surface area contributed by atoms with E-state index in [0.717, 1.165) is 50.8 Å². The van der Waals surface area contributed by atoms with Crippen molar-refractivity contribution in [3.8, 4) is 45.1 Å². The predicted molar refractivity (Wildman–Crippen MR) is 125 cm³/mol. The molecule has 0 bridgehead atoms. The molecule has 0 saturated carbocycles. The Kier molecular flexibility index (Phi) is 4.89. The Labute approximate surface area is 181 Å². The summed E-state index contributed by atoms with van der Waals surface area (Å²) in [5, 5.41) is 0. The lowest BCUT2D eigenvalue weighted by Crippen LogP contribution is -1.92. The lowest BCUT2D eigenvalue weighted by atomic mass is 10.0. The molecule has 5 aromatic rings. The van der Waals surface area contributed by atoms with Gasteiger partial charge in [0.05, 0.1) is 25.6 Å². The molecule has 0 atom stereocenters. The number of hydrogen-bond acceptors (Lipinski definition) is 3. The van der Waals surface area contributed by atoms with E-state index in [0.29, 0.717) is 0 Å². The van der Waals surface area contributed by atoms with Crippen molar-refractivity contribution in [3.05, 3.63) is 97.2 Å². The fourth-order valence-electron chi connectivity index (χ4n) is 3.84. The highest BCUT2D eigenvalue weighted by Crippen LogP contribution is 2.35. The Morgan fingerprint density at radius 1 is 0.613 bits per heavy atom. The van der Waals surface area contributed by atoms with Gasteiger partial charge >= 0.3 is 0 Å². The molecule has 0 radical (unpaired) electrons. The summed E-state index contributed by atoms with van der Waals surface area (Å²) >= 11 is 0. The van der Waals surface area contributed by atoms with Crippen molar-refractivity contribution < 1.29 is 9.47 Å². The van der Waals surface area contributed by atoms with Crippen LogP contribution in [-0.4, -0.2) is 23.6 Å². The smallest absolute Gasteiger partial charge is 0.137 e. The van der Waals surface area contributed by atoms with Crippen LogP contribution >= 0.6 is 0 Å².